The standard InChI is InChI=1S/C18H26Cl2N2O2/c1-3-9-24-17-12-16(20)15(19)11-14(17)18(21)13-4-6-22(7-5-13)8-10-23-2/h3,11-13,18H,1,4-10,21H2,2H3. The zero-order chi connectivity index (χ0) is 17.5. The molecule has 0 aliphatic carbocycles. The highest BCUT2D eigenvalue weighted by Crippen LogP contribution is 2.38. The normalized spacial score (nSPS) is 17.7. The van der Waals surface area contributed by atoms with E-state index in [-0.39, 0.29) is 6.04 Å². The number of methoxy groups -OCH3 is 1. The molecule has 4 nitrogen and oxygen atoms in total. The molecule has 0 amide bonds. The summed E-state index contributed by atoms with van der Waals surface area (Å²) in [6.07, 6.45) is 3.80. The number of likely N-dealkylation sites (tertiary alicyclic amines) is 1. The summed E-state index contributed by atoms with van der Waals surface area (Å²) in [6.45, 7) is 7.90. The fraction of sp³-hybridized carbons (Fsp3) is 0.556. The van der Waals surface area contributed by atoms with Gasteiger partial charge in [-0.1, -0.05) is 35.9 Å². The van der Waals surface area contributed by atoms with Gasteiger partial charge in [0.15, 0.2) is 0 Å². The van der Waals surface area contributed by atoms with Gasteiger partial charge in [-0.25, -0.2) is 0 Å². The van der Waals surface area contributed by atoms with Crippen molar-refractivity contribution in [1.29, 1.82) is 0 Å². The molecule has 1 unspecified atom stereocenters. The number of hydrogen-bond acceptors (Lipinski definition) is 4. The molecule has 0 spiro atoms. The van der Waals surface area contributed by atoms with Crippen molar-refractivity contribution in [3.05, 3.63) is 40.4 Å². The lowest BCUT2D eigenvalue weighted by Gasteiger charge is -2.35. The molecule has 0 aromatic heterocycles. The number of nitrogens with zero attached hydrogens (tertiary/aromatic N) is 1. The summed E-state index contributed by atoms with van der Waals surface area (Å²) in [6, 6.07) is 3.46. The Kier molecular flexibility index (Phi) is 7.85. The maximum Gasteiger partial charge on any atom is 0.126 e. The topological polar surface area (TPSA) is 47.7 Å². The van der Waals surface area contributed by atoms with Gasteiger partial charge in [0.1, 0.15) is 12.4 Å². The van der Waals surface area contributed by atoms with E-state index in [9.17, 15) is 0 Å². The molecule has 0 radical (unpaired) electrons. The molecule has 1 saturated heterocycles. The second kappa shape index (κ2) is 9.64. The highest BCUT2D eigenvalue weighted by Gasteiger charge is 2.27. The van der Waals surface area contributed by atoms with Gasteiger partial charge in [-0.15, -0.1) is 0 Å². The van der Waals surface area contributed by atoms with Crippen LogP contribution in [0.3, 0.4) is 0 Å². The average molecular weight is 373 g/mol. The fourth-order valence-electron chi connectivity index (χ4n) is 3.09. The van der Waals surface area contributed by atoms with Crippen LogP contribution in [0.2, 0.25) is 10.0 Å². The number of nitrogens with two attached hydrogens (primary N) is 1. The smallest absolute Gasteiger partial charge is 0.126 e. The largest absolute Gasteiger partial charge is 0.489 e. The first kappa shape index (κ1) is 19.5. The zero-order valence-corrected chi connectivity index (χ0v) is 15.7. The Morgan fingerprint density at radius 1 is 1.33 bits per heavy atom. The van der Waals surface area contributed by atoms with E-state index in [4.69, 9.17) is 38.4 Å². The average Bonchev–Trinajstić information content (AvgIpc) is 2.60. The van der Waals surface area contributed by atoms with E-state index in [1.165, 1.54) is 0 Å². The first-order chi connectivity index (χ1) is 11.6. The Balaban J connectivity index is 2.07. The monoisotopic (exact) mass is 372 g/mol. The number of hydrogen-bond donors (Lipinski definition) is 1. The third kappa shape index (κ3) is 5.11. The van der Waals surface area contributed by atoms with Gasteiger partial charge in [0.05, 0.1) is 16.7 Å². The molecule has 134 valence electrons. The Morgan fingerprint density at radius 3 is 2.62 bits per heavy atom. The lowest BCUT2D eigenvalue weighted by atomic mass is 9.85. The van der Waals surface area contributed by atoms with Crippen molar-refractivity contribution < 1.29 is 9.47 Å². The zero-order valence-electron chi connectivity index (χ0n) is 14.1. The van der Waals surface area contributed by atoms with E-state index in [0.29, 0.717) is 28.3 Å². The quantitative estimate of drug-likeness (QED) is 0.702. The van der Waals surface area contributed by atoms with Gasteiger partial charge in [-0.05, 0) is 37.9 Å². The summed E-state index contributed by atoms with van der Waals surface area (Å²) in [4.78, 5) is 2.41. The second-order valence-electron chi connectivity index (χ2n) is 6.10. The summed E-state index contributed by atoms with van der Waals surface area (Å²) in [5, 5.41) is 0.978. The van der Waals surface area contributed by atoms with Crippen molar-refractivity contribution in [2.24, 2.45) is 11.7 Å². The van der Waals surface area contributed by atoms with Crippen LogP contribution >= 0.6 is 23.2 Å². The van der Waals surface area contributed by atoms with Crippen molar-refractivity contribution in [1.82, 2.24) is 4.90 Å². The Hall–Kier alpha value is -0.780. The van der Waals surface area contributed by atoms with Crippen LogP contribution in [0.15, 0.2) is 24.8 Å². The molecule has 2 rings (SSSR count). The maximum atomic E-state index is 6.56. The van der Waals surface area contributed by atoms with Gasteiger partial charge in [-0.2, -0.15) is 0 Å². The van der Waals surface area contributed by atoms with Crippen LogP contribution in [0.25, 0.3) is 0 Å². The molecule has 0 saturated carbocycles. The van der Waals surface area contributed by atoms with Crippen molar-refractivity contribution in [2.45, 2.75) is 18.9 Å². The van der Waals surface area contributed by atoms with Crippen LogP contribution in [0.5, 0.6) is 5.75 Å². The highest BCUT2D eigenvalue weighted by atomic mass is 35.5. The summed E-state index contributed by atoms with van der Waals surface area (Å²) in [5.74, 6) is 1.09. The number of ether oxygens (including phenoxy) is 2. The molecular formula is C18H26Cl2N2O2. The van der Waals surface area contributed by atoms with Gasteiger partial charge in [-0.3, -0.25) is 0 Å². The summed E-state index contributed by atoms with van der Waals surface area (Å²) < 4.78 is 10.9. The molecule has 1 heterocycles. The van der Waals surface area contributed by atoms with Crippen LogP contribution in [0, 0.1) is 5.92 Å². The molecule has 1 atom stereocenters. The molecular weight excluding hydrogens is 347 g/mol. The molecule has 2 N–H and O–H groups in total. The molecule has 1 aliphatic rings. The molecule has 6 heteroatoms. The number of benzene rings is 1. The third-order valence-electron chi connectivity index (χ3n) is 4.52. The van der Waals surface area contributed by atoms with E-state index in [1.807, 2.05) is 6.07 Å². The van der Waals surface area contributed by atoms with Gasteiger partial charge in [0, 0.05) is 31.3 Å². The van der Waals surface area contributed by atoms with Gasteiger partial charge in [0.25, 0.3) is 0 Å². The van der Waals surface area contributed by atoms with Gasteiger partial charge >= 0.3 is 0 Å². The van der Waals surface area contributed by atoms with E-state index in [0.717, 1.165) is 44.6 Å². The van der Waals surface area contributed by atoms with Gasteiger partial charge in [0.2, 0.25) is 0 Å². The Labute approximate surface area is 154 Å². The number of rotatable bonds is 8. The summed E-state index contributed by atoms with van der Waals surface area (Å²) in [7, 11) is 1.73. The molecule has 1 aromatic rings. The van der Waals surface area contributed by atoms with Crippen LogP contribution in [0.4, 0.5) is 0 Å². The lowest BCUT2D eigenvalue weighted by molar-refractivity contribution is 0.114. The summed E-state index contributed by atoms with van der Waals surface area (Å²) in [5.41, 5.74) is 7.47. The van der Waals surface area contributed by atoms with Crippen LogP contribution in [-0.4, -0.2) is 44.9 Å². The van der Waals surface area contributed by atoms with Gasteiger partial charge < -0.3 is 20.1 Å². The van der Waals surface area contributed by atoms with E-state index in [1.54, 1.807) is 19.3 Å². The van der Waals surface area contributed by atoms with Crippen molar-refractivity contribution in [3.8, 4) is 5.75 Å². The highest BCUT2D eigenvalue weighted by molar-refractivity contribution is 6.42. The molecule has 1 aliphatic heterocycles. The lowest BCUT2D eigenvalue weighted by Crippen LogP contribution is -2.39. The Morgan fingerprint density at radius 2 is 2.00 bits per heavy atom. The predicted molar refractivity (Wildman–Crippen MR) is 100 cm³/mol. The van der Waals surface area contributed by atoms with Crippen LogP contribution in [0.1, 0.15) is 24.4 Å². The minimum absolute atomic E-state index is 0.121. The second-order valence-corrected chi connectivity index (χ2v) is 6.92. The third-order valence-corrected chi connectivity index (χ3v) is 5.24. The molecule has 24 heavy (non-hydrogen) atoms. The predicted octanol–water partition coefficient (Wildman–Crippen LogP) is 3.92. The van der Waals surface area contributed by atoms with Crippen LogP contribution < -0.4 is 10.5 Å². The van der Waals surface area contributed by atoms with Crippen molar-refractivity contribution >= 4 is 23.2 Å². The van der Waals surface area contributed by atoms with Crippen LogP contribution in [-0.2, 0) is 4.74 Å². The number of piperidine rings is 1. The maximum absolute atomic E-state index is 6.56. The molecule has 0 bridgehead atoms. The fourth-order valence-corrected chi connectivity index (χ4v) is 3.41. The first-order valence-electron chi connectivity index (χ1n) is 8.26. The Bertz CT molecular complexity index is 546. The van der Waals surface area contributed by atoms with Crippen molar-refractivity contribution in [3.63, 3.8) is 0 Å². The number of halogens is 2. The minimum atomic E-state index is -0.121. The molecule has 1 aromatic carbocycles. The van der Waals surface area contributed by atoms with E-state index < -0.39 is 0 Å². The SMILES string of the molecule is C=CCOc1cc(Cl)c(Cl)cc1C(N)C1CCN(CCOC)CC1. The van der Waals surface area contributed by atoms with E-state index >= 15 is 0 Å². The first-order valence-corrected chi connectivity index (χ1v) is 9.02. The minimum Gasteiger partial charge on any atom is -0.489 e. The summed E-state index contributed by atoms with van der Waals surface area (Å²) >= 11 is 12.3. The van der Waals surface area contributed by atoms with E-state index in [2.05, 4.69) is 11.5 Å². The van der Waals surface area contributed by atoms with Crippen molar-refractivity contribution in [2.75, 3.05) is 40.0 Å². The molecule has 1 fully saturated rings.